The Kier molecular flexibility index (Phi) is 11.4. The Morgan fingerprint density at radius 1 is 1.22 bits per heavy atom. The quantitative estimate of drug-likeness (QED) is 0.105. The molecule has 0 aromatic heterocycles. The first-order valence-corrected chi connectivity index (χ1v) is 12.3. The molecule has 5 N–H and O–H groups in total. The van der Waals surface area contributed by atoms with Gasteiger partial charge in [0.1, 0.15) is 0 Å². The Labute approximate surface area is 213 Å². The van der Waals surface area contributed by atoms with E-state index in [9.17, 15) is 9.59 Å². The van der Waals surface area contributed by atoms with Gasteiger partial charge in [0.25, 0.3) is 0 Å². The maximum Gasteiger partial charge on any atom is 0.339 e. The number of ether oxygens (including phenoxy) is 2. The van der Waals surface area contributed by atoms with Gasteiger partial charge in [0, 0.05) is 11.6 Å². The normalized spacial score (nSPS) is 14.5. The third-order valence-corrected chi connectivity index (χ3v) is 5.31. The van der Waals surface area contributed by atoms with Crippen molar-refractivity contribution in [3.05, 3.63) is 59.0 Å². The number of benzene rings is 1. The SMILES string of the molecule is CC/C=C(C(=O)OCC)/C(=C\C(=C\CCC)NC(=O)C1CC1)Nc1cccc(C(=N)/N=C\N)c1OC. The minimum atomic E-state index is -0.489. The van der Waals surface area contributed by atoms with Gasteiger partial charge in [0.2, 0.25) is 5.91 Å². The molecular weight excluding hydrogens is 458 g/mol. The molecule has 0 unspecified atom stereocenters. The molecule has 0 spiro atoms. The lowest BCUT2D eigenvalue weighted by molar-refractivity contribution is -0.138. The third-order valence-electron chi connectivity index (χ3n) is 5.31. The van der Waals surface area contributed by atoms with E-state index in [-0.39, 0.29) is 24.3 Å². The highest BCUT2D eigenvalue weighted by Crippen LogP contribution is 2.32. The molecule has 0 aliphatic heterocycles. The summed E-state index contributed by atoms with van der Waals surface area (Å²) in [6.45, 7) is 5.94. The van der Waals surface area contributed by atoms with Gasteiger partial charge in [-0.2, -0.15) is 0 Å². The summed E-state index contributed by atoms with van der Waals surface area (Å²) in [6.07, 6.45) is 10.5. The predicted molar refractivity (Wildman–Crippen MR) is 143 cm³/mol. The molecule has 1 aromatic carbocycles. The zero-order valence-electron chi connectivity index (χ0n) is 21.5. The van der Waals surface area contributed by atoms with Crippen LogP contribution < -0.4 is 21.1 Å². The van der Waals surface area contributed by atoms with Gasteiger partial charge in [0.05, 0.1) is 42.6 Å². The van der Waals surface area contributed by atoms with Gasteiger partial charge in [-0.25, -0.2) is 9.79 Å². The van der Waals surface area contributed by atoms with Crippen molar-refractivity contribution in [1.82, 2.24) is 5.32 Å². The average Bonchev–Trinajstić information content (AvgIpc) is 3.71. The molecular formula is C27H37N5O4. The second kappa shape index (κ2) is 14.5. The van der Waals surface area contributed by atoms with Crippen LogP contribution in [0.1, 0.15) is 58.4 Å². The number of nitrogens with two attached hydrogens (primary N) is 1. The summed E-state index contributed by atoms with van der Waals surface area (Å²) in [5.74, 6) is -0.199. The molecule has 1 aliphatic carbocycles. The van der Waals surface area contributed by atoms with Crippen LogP contribution in [0.4, 0.5) is 5.69 Å². The molecule has 0 heterocycles. The first-order valence-electron chi connectivity index (χ1n) is 12.3. The molecule has 0 saturated heterocycles. The van der Waals surface area contributed by atoms with E-state index in [0.29, 0.717) is 40.4 Å². The summed E-state index contributed by atoms with van der Waals surface area (Å²) in [6, 6.07) is 5.20. The Morgan fingerprint density at radius 2 is 1.97 bits per heavy atom. The minimum absolute atomic E-state index is 0.0291. The van der Waals surface area contributed by atoms with Crippen molar-refractivity contribution in [2.45, 2.75) is 52.9 Å². The third kappa shape index (κ3) is 8.11. The number of methoxy groups -OCH3 is 1. The number of allylic oxidation sites excluding steroid dienone is 3. The molecule has 1 saturated carbocycles. The number of nitrogens with one attached hydrogen (secondary N) is 3. The van der Waals surface area contributed by atoms with E-state index >= 15 is 0 Å². The molecule has 2 rings (SSSR count). The molecule has 1 aliphatic rings. The van der Waals surface area contributed by atoms with E-state index in [1.54, 1.807) is 37.3 Å². The first-order chi connectivity index (χ1) is 17.4. The smallest absolute Gasteiger partial charge is 0.339 e. The van der Waals surface area contributed by atoms with Crippen LogP contribution >= 0.6 is 0 Å². The summed E-state index contributed by atoms with van der Waals surface area (Å²) in [4.78, 5) is 29.3. The summed E-state index contributed by atoms with van der Waals surface area (Å²) in [5.41, 5.74) is 7.65. The van der Waals surface area contributed by atoms with Crippen LogP contribution in [-0.2, 0) is 14.3 Å². The highest BCUT2D eigenvalue weighted by Gasteiger charge is 2.30. The number of amidine groups is 1. The van der Waals surface area contributed by atoms with Crippen molar-refractivity contribution >= 4 is 29.7 Å². The van der Waals surface area contributed by atoms with Gasteiger partial charge in [-0.15, -0.1) is 0 Å². The van der Waals surface area contributed by atoms with Crippen molar-refractivity contribution in [3.8, 4) is 5.75 Å². The number of esters is 1. The van der Waals surface area contributed by atoms with Crippen LogP contribution in [0.25, 0.3) is 0 Å². The van der Waals surface area contributed by atoms with Gasteiger partial charge in [-0.05, 0) is 50.8 Å². The molecule has 0 radical (unpaired) electrons. The second-order valence-corrected chi connectivity index (χ2v) is 8.15. The Hall–Kier alpha value is -3.88. The van der Waals surface area contributed by atoms with Gasteiger partial charge in [0.15, 0.2) is 11.6 Å². The summed E-state index contributed by atoms with van der Waals surface area (Å²) >= 11 is 0. The van der Waals surface area contributed by atoms with Crippen LogP contribution in [0.3, 0.4) is 0 Å². The second-order valence-electron chi connectivity index (χ2n) is 8.15. The number of carbonyl (C=O) groups is 2. The van der Waals surface area contributed by atoms with Crippen molar-refractivity contribution < 1.29 is 19.1 Å². The van der Waals surface area contributed by atoms with E-state index in [4.69, 9.17) is 20.6 Å². The van der Waals surface area contributed by atoms with Crippen molar-refractivity contribution in [1.29, 1.82) is 5.41 Å². The van der Waals surface area contributed by atoms with Crippen molar-refractivity contribution in [2.75, 3.05) is 19.0 Å². The number of aliphatic imine (C=N–C) groups is 1. The van der Waals surface area contributed by atoms with Gasteiger partial charge < -0.3 is 25.8 Å². The molecule has 0 bridgehead atoms. The number of para-hydroxylation sites is 1. The monoisotopic (exact) mass is 495 g/mol. The lowest BCUT2D eigenvalue weighted by atomic mass is 10.1. The number of rotatable bonds is 13. The molecule has 1 amide bonds. The van der Waals surface area contributed by atoms with Crippen LogP contribution in [0.5, 0.6) is 5.75 Å². The van der Waals surface area contributed by atoms with E-state index in [1.165, 1.54) is 7.11 Å². The van der Waals surface area contributed by atoms with Gasteiger partial charge in [-0.3, -0.25) is 10.2 Å². The van der Waals surface area contributed by atoms with Crippen LogP contribution in [0, 0.1) is 11.3 Å². The topological polar surface area (TPSA) is 139 Å². The molecule has 9 heteroatoms. The largest absolute Gasteiger partial charge is 0.494 e. The maximum atomic E-state index is 12.9. The number of amides is 1. The van der Waals surface area contributed by atoms with E-state index in [0.717, 1.165) is 32.0 Å². The zero-order valence-corrected chi connectivity index (χ0v) is 21.5. The number of unbranched alkanes of at least 4 members (excludes halogenated alkanes) is 1. The fraction of sp³-hybridized carbons (Fsp3) is 0.407. The Balaban J connectivity index is 2.62. The highest BCUT2D eigenvalue weighted by molar-refractivity contribution is 6.04. The maximum absolute atomic E-state index is 12.9. The van der Waals surface area contributed by atoms with Gasteiger partial charge >= 0.3 is 5.97 Å². The molecule has 0 atom stereocenters. The lowest BCUT2D eigenvalue weighted by Crippen LogP contribution is -2.24. The van der Waals surface area contributed by atoms with Gasteiger partial charge in [-0.1, -0.05) is 38.5 Å². The molecule has 9 nitrogen and oxygen atoms in total. The van der Waals surface area contributed by atoms with Crippen LogP contribution in [0.2, 0.25) is 0 Å². The summed E-state index contributed by atoms with van der Waals surface area (Å²) in [7, 11) is 1.49. The van der Waals surface area contributed by atoms with E-state index in [2.05, 4.69) is 22.5 Å². The number of hydrogen-bond donors (Lipinski definition) is 4. The average molecular weight is 496 g/mol. The molecule has 1 fully saturated rings. The fourth-order valence-corrected chi connectivity index (χ4v) is 3.42. The molecule has 36 heavy (non-hydrogen) atoms. The van der Waals surface area contributed by atoms with E-state index < -0.39 is 5.97 Å². The summed E-state index contributed by atoms with van der Waals surface area (Å²) < 4.78 is 10.9. The van der Waals surface area contributed by atoms with Crippen LogP contribution in [-0.4, -0.2) is 37.8 Å². The number of carbonyl (C=O) groups excluding carboxylic acids is 2. The van der Waals surface area contributed by atoms with Crippen LogP contribution in [0.15, 0.2) is 58.4 Å². The number of hydrogen-bond acceptors (Lipinski definition) is 6. The zero-order chi connectivity index (χ0) is 26.5. The number of nitrogens with zero attached hydrogens (tertiary/aromatic N) is 1. The lowest BCUT2D eigenvalue weighted by Gasteiger charge is -2.19. The molecule has 1 aromatic rings. The van der Waals surface area contributed by atoms with Crippen molar-refractivity contribution in [2.24, 2.45) is 16.6 Å². The van der Waals surface area contributed by atoms with E-state index in [1.807, 2.05) is 13.0 Å². The Morgan fingerprint density at radius 3 is 2.56 bits per heavy atom. The minimum Gasteiger partial charge on any atom is -0.494 e. The number of anilines is 1. The highest BCUT2D eigenvalue weighted by atomic mass is 16.5. The first kappa shape index (κ1) is 28.4. The van der Waals surface area contributed by atoms with Crippen molar-refractivity contribution in [3.63, 3.8) is 0 Å². The molecule has 194 valence electrons. The fourth-order valence-electron chi connectivity index (χ4n) is 3.42. The summed E-state index contributed by atoms with van der Waals surface area (Å²) in [5, 5.41) is 14.5. The standard InChI is InChI=1S/C27H37N5O4/c1-5-8-11-19(31-26(33)18-14-15-18)16-23(20(10-6-2)27(34)36-7-3)32-22-13-9-12-21(24(22)35-4)25(29)30-17-28/h9-13,16-18,32H,5-8,14-15H2,1-4H3,(H,31,33)(H3,28,29,30)/b19-11-,20-10-,23-16+. The Bertz CT molecular complexity index is 1070. The predicted octanol–water partition coefficient (Wildman–Crippen LogP) is 4.41.